The Morgan fingerprint density at radius 3 is 3.00 bits per heavy atom. The van der Waals surface area contributed by atoms with E-state index in [4.69, 9.17) is 16.3 Å². The fraction of sp³-hybridized carbons (Fsp3) is 0.438. The van der Waals surface area contributed by atoms with Gasteiger partial charge in [0.1, 0.15) is 5.75 Å². The summed E-state index contributed by atoms with van der Waals surface area (Å²) in [5.41, 5.74) is 4.13. The van der Waals surface area contributed by atoms with E-state index < -0.39 is 0 Å². The summed E-state index contributed by atoms with van der Waals surface area (Å²) in [6, 6.07) is 6.52. The molecule has 0 spiro atoms. The first-order valence-electron chi connectivity index (χ1n) is 7.26. The van der Waals surface area contributed by atoms with E-state index in [2.05, 4.69) is 10.3 Å². The highest BCUT2D eigenvalue weighted by molar-refractivity contribution is 7.09. The van der Waals surface area contributed by atoms with Crippen molar-refractivity contribution in [1.29, 1.82) is 0 Å². The van der Waals surface area contributed by atoms with E-state index in [1.807, 2.05) is 30.6 Å². The fourth-order valence-corrected chi connectivity index (χ4v) is 3.15. The molecular weight excluding hydrogens is 304 g/mol. The Bertz CT molecular complexity index is 610. The van der Waals surface area contributed by atoms with Crippen LogP contribution in [0.3, 0.4) is 0 Å². The van der Waals surface area contributed by atoms with Gasteiger partial charge in [0.15, 0.2) is 0 Å². The molecule has 1 N–H and O–H groups in total. The number of aromatic nitrogens is 1. The third-order valence-electron chi connectivity index (χ3n) is 3.61. The zero-order chi connectivity index (χ0) is 14.7. The van der Waals surface area contributed by atoms with Gasteiger partial charge in [0.2, 0.25) is 0 Å². The van der Waals surface area contributed by atoms with Crippen LogP contribution in [0.15, 0.2) is 23.7 Å². The average molecular weight is 323 g/mol. The van der Waals surface area contributed by atoms with Crippen molar-refractivity contribution in [1.82, 2.24) is 10.3 Å². The summed E-state index contributed by atoms with van der Waals surface area (Å²) in [5.74, 6) is 0.926. The number of rotatable bonds is 7. The van der Waals surface area contributed by atoms with Gasteiger partial charge in [-0.2, -0.15) is 0 Å². The van der Waals surface area contributed by atoms with Crippen LogP contribution >= 0.6 is 22.9 Å². The van der Waals surface area contributed by atoms with Crippen LogP contribution in [0.1, 0.15) is 29.0 Å². The zero-order valence-corrected chi connectivity index (χ0v) is 13.6. The molecule has 1 aromatic carbocycles. The van der Waals surface area contributed by atoms with E-state index >= 15 is 0 Å². The molecule has 0 aliphatic heterocycles. The molecule has 0 atom stereocenters. The van der Waals surface area contributed by atoms with Crippen molar-refractivity contribution in [3.05, 3.63) is 44.9 Å². The average Bonchev–Trinajstić information content (AvgIpc) is 3.21. The maximum Gasteiger partial charge on any atom is 0.123 e. The van der Waals surface area contributed by atoms with Crippen molar-refractivity contribution < 1.29 is 4.74 Å². The number of halogens is 1. The van der Waals surface area contributed by atoms with E-state index in [0.29, 0.717) is 12.6 Å². The van der Waals surface area contributed by atoms with Gasteiger partial charge in [0.05, 0.1) is 17.8 Å². The fourth-order valence-electron chi connectivity index (χ4n) is 2.19. The molecule has 0 saturated heterocycles. The van der Waals surface area contributed by atoms with Gasteiger partial charge in [0.25, 0.3) is 0 Å². The Labute approximate surface area is 134 Å². The Balaban J connectivity index is 1.59. The number of nitrogens with one attached hydrogen (secondary N) is 1. The SMILES string of the molecule is Cc1ncsc1CCOc1ccc(Cl)cc1CNC1CC1. The van der Waals surface area contributed by atoms with Crippen LogP contribution in [0.25, 0.3) is 0 Å². The second-order valence-electron chi connectivity index (χ2n) is 5.37. The predicted molar refractivity (Wildman–Crippen MR) is 87.4 cm³/mol. The first-order chi connectivity index (χ1) is 10.2. The maximum absolute atomic E-state index is 6.09. The van der Waals surface area contributed by atoms with Crippen LogP contribution in [0.4, 0.5) is 0 Å². The molecule has 3 nitrogen and oxygen atoms in total. The third-order valence-corrected chi connectivity index (χ3v) is 4.84. The maximum atomic E-state index is 6.09. The highest BCUT2D eigenvalue weighted by Gasteiger charge is 2.20. The molecule has 5 heteroatoms. The predicted octanol–water partition coefficient (Wildman–Crippen LogP) is 3.98. The monoisotopic (exact) mass is 322 g/mol. The number of benzene rings is 1. The molecule has 0 unspecified atom stereocenters. The molecule has 2 aromatic rings. The Kier molecular flexibility index (Phi) is 4.78. The van der Waals surface area contributed by atoms with Crippen molar-refractivity contribution in [2.24, 2.45) is 0 Å². The summed E-state index contributed by atoms with van der Waals surface area (Å²) in [6.45, 7) is 3.53. The van der Waals surface area contributed by atoms with Gasteiger partial charge < -0.3 is 10.1 Å². The van der Waals surface area contributed by atoms with Gasteiger partial charge in [-0.05, 0) is 38.0 Å². The van der Waals surface area contributed by atoms with Gasteiger partial charge in [0, 0.05) is 34.5 Å². The topological polar surface area (TPSA) is 34.1 Å². The number of hydrogen-bond donors (Lipinski definition) is 1. The first kappa shape index (κ1) is 14.8. The van der Waals surface area contributed by atoms with E-state index in [9.17, 15) is 0 Å². The summed E-state index contributed by atoms with van der Waals surface area (Å²) in [4.78, 5) is 5.56. The summed E-state index contributed by atoms with van der Waals surface area (Å²) < 4.78 is 5.95. The van der Waals surface area contributed by atoms with Crippen molar-refractivity contribution in [2.75, 3.05) is 6.61 Å². The van der Waals surface area contributed by atoms with Gasteiger partial charge in [-0.25, -0.2) is 4.98 Å². The van der Waals surface area contributed by atoms with Gasteiger partial charge in [-0.3, -0.25) is 0 Å². The molecule has 112 valence electrons. The molecule has 1 fully saturated rings. The number of aryl methyl sites for hydroxylation is 1. The lowest BCUT2D eigenvalue weighted by atomic mass is 10.2. The summed E-state index contributed by atoms with van der Waals surface area (Å²) in [7, 11) is 0. The Hall–Kier alpha value is -1.10. The normalized spacial score (nSPS) is 14.4. The quantitative estimate of drug-likeness (QED) is 0.837. The second-order valence-corrected chi connectivity index (χ2v) is 6.74. The van der Waals surface area contributed by atoms with Crippen molar-refractivity contribution in [3.8, 4) is 5.75 Å². The summed E-state index contributed by atoms with van der Waals surface area (Å²) in [6.07, 6.45) is 3.46. The largest absolute Gasteiger partial charge is 0.493 e. The van der Waals surface area contributed by atoms with Gasteiger partial charge in [-0.1, -0.05) is 11.6 Å². The molecule has 0 radical (unpaired) electrons. The highest BCUT2D eigenvalue weighted by atomic mass is 35.5. The van der Waals surface area contributed by atoms with Crippen LogP contribution in [0.5, 0.6) is 5.75 Å². The minimum absolute atomic E-state index is 0.668. The Morgan fingerprint density at radius 1 is 1.43 bits per heavy atom. The standard InChI is InChI=1S/C16H19ClN2OS/c1-11-16(21-10-19-11)6-7-20-15-5-2-13(17)8-12(15)9-18-14-3-4-14/h2,5,8,10,14,18H,3-4,6-7,9H2,1H3. The lowest BCUT2D eigenvalue weighted by Crippen LogP contribution is -2.16. The second kappa shape index (κ2) is 6.77. The van der Waals surface area contributed by atoms with Crippen LogP contribution in [0, 0.1) is 6.92 Å². The highest BCUT2D eigenvalue weighted by Crippen LogP contribution is 2.25. The van der Waals surface area contributed by atoms with Crippen LogP contribution < -0.4 is 10.1 Å². The van der Waals surface area contributed by atoms with Gasteiger partial charge in [-0.15, -0.1) is 11.3 Å². The smallest absolute Gasteiger partial charge is 0.123 e. The van der Waals surface area contributed by atoms with Crippen LogP contribution in [0.2, 0.25) is 5.02 Å². The van der Waals surface area contributed by atoms with Gasteiger partial charge >= 0.3 is 0 Å². The van der Waals surface area contributed by atoms with Crippen molar-refractivity contribution in [3.63, 3.8) is 0 Å². The van der Waals surface area contributed by atoms with Crippen molar-refractivity contribution in [2.45, 2.75) is 38.8 Å². The lowest BCUT2D eigenvalue weighted by Gasteiger charge is -2.12. The van der Waals surface area contributed by atoms with E-state index in [0.717, 1.165) is 35.0 Å². The van der Waals surface area contributed by atoms with Crippen molar-refractivity contribution >= 4 is 22.9 Å². The molecule has 1 aromatic heterocycles. The molecule has 21 heavy (non-hydrogen) atoms. The summed E-state index contributed by atoms with van der Waals surface area (Å²) >= 11 is 7.78. The number of hydrogen-bond acceptors (Lipinski definition) is 4. The molecule has 1 heterocycles. The number of ether oxygens (including phenoxy) is 1. The number of thiazole rings is 1. The molecule has 1 aliphatic rings. The number of nitrogens with zero attached hydrogens (tertiary/aromatic N) is 1. The van der Waals surface area contributed by atoms with Crippen LogP contribution in [-0.2, 0) is 13.0 Å². The van der Waals surface area contributed by atoms with E-state index in [-0.39, 0.29) is 0 Å². The summed E-state index contributed by atoms with van der Waals surface area (Å²) in [5, 5.41) is 4.26. The third kappa shape index (κ3) is 4.19. The van der Waals surface area contributed by atoms with Crippen LogP contribution in [-0.4, -0.2) is 17.6 Å². The molecular formula is C16H19ClN2OS. The molecule has 0 bridgehead atoms. The minimum atomic E-state index is 0.668. The first-order valence-corrected chi connectivity index (χ1v) is 8.51. The Morgan fingerprint density at radius 2 is 2.29 bits per heavy atom. The molecule has 3 rings (SSSR count). The lowest BCUT2D eigenvalue weighted by molar-refractivity contribution is 0.318. The molecule has 1 aliphatic carbocycles. The van der Waals surface area contributed by atoms with E-state index in [1.54, 1.807) is 11.3 Å². The zero-order valence-electron chi connectivity index (χ0n) is 12.1. The minimum Gasteiger partial charge on any atom is -0.493 e. The molecule has 1 saturated carbocycles. The molecule has 0 amide bonds. The van der Waals surface area contributed by atoms with E-state index in [1.165, 1.54) is 17.7 Å².